The molecule has 5 aromatic rings. The number of rotatable bonds is 7. The Bertz CT molecular complexity index is 1390. The van der Waals surface area contributed by atoms with E-state index in [0.29, 0.717) is 35.3 Å². The van der Waals surface area contributed by atoms with Crippen LogP contribution in [0.3, 0.4) is 0 Å². The average Bonchev–Trinajstić information content (AvgIpc) is 3.39. The Morgan fingerprint density at radius 2 is 1.73 bits per heavy atom. The number of nitrogens with zero attached hydrogens (tertiary/aromatic N) is 3. The van der Waals surface area contributed by atoms with Gasteiger partial charge in [0.25, 0.3) is 0 Å². The van der Waals surface area contributed by atoms with Crippen LogP contribution in [0.5, 0.6) is 23.0 Å². The van der Waals surface area contributed by atoms with E-state index in [1.54, 1.807) is 19.5 Å². The van der Waals surface area contributed by atoms with Gasteiger partial charge in [0.1, 0.15) is 23.1 Å². The van der Waals surface area contributed by atoms with E-state index in [1.165, 1.54) is 11.3 Å². The van der Waals surface area contributed by atoms with Gasteiger partial charge in [0.05, 0.1) is 12.6 Å². The maximum absolute atomic E-state index is 6.34. The molecule has 164 valence electrons. The molecule has 0 amide bonds. The summed E-state index contributed by atoms with van der Waals surface area (Å²) < 4.78 is 18.0. The lowest BCUT2D eigenvalue weighted by Gasteiger charge is -2.15. The van der Waals surface area contributed by atoms with Crippen molar-refractivity contribution < 1.29 is 14.2 Å². The van der Waals surface area contributed by atoms with Crippen molar-refractivity contribution in [3.05, 3.63) is 89.7 Å². The molecular formula is C26H21N3O3S. The summed E-state index contributed by atoms with van der Waals surface area (Å²) in [6.45, 7) is 2.38. The molecule has 0 spiro atoms. The fraction of sp³-hybridized carbons (Fsp3) is 0.115. The van der Waals surface area contributed by atoms with Crippen LogP contribution in [0.4, 0.5) is 0 Å². The predicted octanol–water partition coefficient (Wildman–Crippen LogP) is 6.44. The van der Waals surface area contributed by atoms with E-state index in [9.17, 15) is 0 Å². The van der Waals surface area contributed by atoms with Gasteiger partial charge in [-0.3, -0.25) is 4.98 Å². The summed E-state index contributed by atoms with van der Waals surface area (Å²) in [5.41, 5.74) is 3.43. The van der Waals surface area contributed by atoms with Gasteiger partial charge in [-0.05, 0) is 36.8 Å². The molecule has 5 rings (SSSR count). The molecule has 2 aromatic carbocycles. The average molecular weight is 456 g/mol. The zero-order chi connectivity index (χ0) is 22.6. The van der Waals surface area contributed by atoms with E-state index < -0.39 is 0 Å². The first kappa shape index (κ1) is 20.9. The van der Waals surface area contributed by atoms with Gasteiger partial charge in [-0.25, -0.2) is 9.97 Å². The lowest BCUT2D eigenvalue weighted by molar-refractivity contribution is 0.285. The van der Waals surface area contributed by atoms with Crippen LogP contribution < -0.4 is 14.2 Å². The van der Waals surface area contributed by atoms with E-state index >= 15 is 0 Å². The van der Waals surface area contributed by atoms with Gasteiger partial charge in [0, 0.05) is 34.9 Å². The molecule has 33 heavy (non-hydrogen) atoms. The summed E-state index contributed by atoms with van der Waals surface area (Å²) in [7, 11) is 1.62. The highest BCUT2D eigenvalue weighted by atomic mass is 32.1. The van der Waals surface area contributed by atoms with Crippen molar-refractivity contribution in [3.8, 4) is 33.7 Å². The van der Waals surface area contributed by atoms with Crippen LogP contribution in [0.1, 0.15) is 11.3 Å². The minimum Gasteiger partial charge on any atom is -0.493 e. The molecule has 0 saturated carbocycles. The van der Waals surface area contributed by atoms with Gasteiger partial charge < -0.3 is 14.2 Å². The standard InChI is InChI=1S/C26H21N3O3S/c1-17-8-9-22(25(29-17)26-28-12-13-33-26)32-21-10-11-27-20-15-24(23(30-2)14-19(20)21)31-16-18-6-4-3-5-7-18/h3-15H,16H2,1-2H3. The fourth-order valence-electron chi connectivity index (χ4n) is 3.46. The van der Waals surface area contributed by atoms with E-state index in [-0.39, 0.29) is 0 Å². The molecule has 6 nitrogen and oxygen atoms in total. The molecule has 0 fully saturated rings. The molecular weight excluding hydrogens is 434 g/mol. The van der Waals surface area contributed by atoms with Crippen molar-refractivity contribution in [1.82, 2.24) is 15.0 Å². The maximum atomic E-state index is 6.34. The van der Waals surface area contributed by atoms with Crippen LogP contribution in [0.2, 0.25) is 0 Å². The molecule has 7 heteroatoms. The van der Waals surface area contributed by atoms with E-state index in [1.807, 2.05) is 73.0 Å². The lowest BCUT2D eigenvalue weighted by atomic mass is 10.1. The number of fused-ring (bicyclic) bond motifs is 1. The Labute approximate surface area is 195 Å². The van der Waals surface area contributed by atoms with Crippen LogP contribution in [-0.4, -0.2) is 22.1 Å². The number of hydrogen-bond acceptors (Lipinski definition) is 7. The molecule has 0 aliphatic heterocycles. The summed E-state index contributed by atoms with van der Waals surface area (Å²) in [6, 6.07) is 19.4. The van der Waals surface area contributed by atoms with E-state index in [4.69, 9.17) is 14.2 Å². The zero-order valence-corrected chi connectivity index (χ0v) is 19.0. The maximum Gasteiger partial charge on any atom is 0.163 e. The van der Waals surface area contributed by atoms with Gasteiger partial charge >= 0.3 is 0 Å². The number of ether oxygens (including phenoxy) is 3. The predicted molar refractivity (Wildman–Crippen MR) is 129 cm³/mol. The second-order valence-electron chi connectivity index (χ2n) is 7.34. The third-order valence-corrected chi connectivity index (χ3v) is 5.86. The smallest absolute Gasteiger partial charge is 0.163 e. The third kappa shape index (κ3) is 4.49. The second-order valence-corrected chi connectivity index (χ2v) is 8.24. The van der Waals surface area contributed by atoms with E-state index in [2.05, 4.69) is 15.0 Å². The highest BCUT2D eigenvalue weighted by molar-refractivity contribution is 7.13. The van der Waals surface area contributed by atoms with Crippen molar-refractivity contribution in [1.29, 1.82) is 0 Å². The van der Waals surface area contributed by atoms with Gasteiger partial charge in [0.2, 0.25) is 0 Å². The van der Waals surface area contributed by atoms with Crippen LogP contribution in [0.25, 0.3) is 21.6 Å². The van der Waals surface area contributed by atoms with Gasteiger partial charge in [-0.1, -0.05) is 30.3 Å². The number of aromatic nitrogens is 3. The molecule has 0 aliphatic carbocycles. The molecule has 3 heterocycles. The summed E-state index contributed by atoms with van der Waals surface area (Å²) >= 11 is 1.52. The second kappa shape index (κ2) is 9.26. The summed E-state index contributed by atoms with van der Waals surface area (Å²) in [5, 5.41) is 3.54. The summed E-state index contributed by atoms with van der Waals surface area (Å²) in [4.78, 5) is 13.6. The van der Waals surface area contributed by atoms with Crippen LogP contribution in [0.15, 0.2) is 78.4 Å². The third-order valence-electron chi connectivity index (χ3n) is 5.08. The van der Waals surface area contributed by atoms with Crippen molar-refractivity contribution in [2.24, 2.45) is 0 Å². The molecule has 0 bridgehead atoms. The summed E-state index contributed by atoms with van der Waals surface area (Å²) in [5.74, 6) is 2.51. The largest absolute Gasteiger partial charge is 0.493 e. The monoisotopic (exact) mass is 455 g/mol. The van der Waals surface area contributed by atoms with Crippen molar-refractivity contribution in [3.63, 3.8) is 0 Å². The van der Waals surface area contributed by atoms with Crippen molar-refractivity contribution in [2.75, 3.05) is 7.11 Å². The fourth-order valence-corrected chi connectivity index (χ4v) is 4.09. The number of hydrogen-bond donors (Lipinski definition) is 0. The summed E-state index contributed by atoms with van der Waals surface area (Å²) in [6.07, 6.45) is 3.48. The van der Waals surface area contributed by atoms with Crippen molar-refractivity contribution in [2.45, 2.75) is 13.5 Å². The first-order chi connectivity index (χ1) is 16.2. The topological polar surface area (TPSA) is 66.4 Å². The highest BCUT2D eigenvalue weighted by Gasteiger charge is 2.16. The molecule has 0 aliphatic rings. The molecule has 3 aromatic heterocycles. The van der Waals surface area contributed by atoms with Crippen molar-refractivity contribution >= 4 is 22.2 Å². The Morgan fingerprint density at radius 3 is 2.52 bits per heavy atom. The Kier molecular flexibility index (Phi) is 5.87. The van der Waals surface area contributed by atoms with Crippen LogP contribution in [0, 0.1) is 6.92 Å². The molecule has 0 atom stereocenters. The number of aryl methyl sites for hydroxylation is 1. The first-order valence-corrected chi connectivity index (χ1v) is 11.3. The Hall–Kier alpha value is -3.97. The Balaban J connectivity index is 1.50. The van der Waals surface area contributed by atoms with Crippen LogP contribution >= 0.6 is 11.3 Å². The highest BCUT2D eigenvalue weighted by Crippen LogP contribution is 2.39. The molecule has 0 radical (unpaired) electrons. The van der Waals surface area contributed by atoms with Crippen LogP contribution in [-0.2, 0) is 6.61 Å². The SMILES string of the molecule is COc1cc2c(Oc3ccc(C)nc3-c3nccs3)ccnc2cc1OCc1ccccc1. The number of benzene rings is 2. The molecule has 0 saturated heterocycles. The lowest BCUT2D eigenvalue weighted by Crippen LogP contribution is -1.99. The van der Waals surface area contributed by atoms with E-state index in [0.717, 1.165) is 27.2 Å². The minimum atomic E-state index is 0.436. The minimum absolute atomic E-state index is 0.436. The number of pyridine rings is 2. The molecule has 0 N–H and O–H groups in total. The number of methoxy groups -OCH3 is 1. The normalized spacial score (nSPS) is 10.8. The van der Waals surface area contributed by atoms with Gasteiger partial charge in [-0.15, -0.1) is 11.3 Å². The molecule has 0 unspecified atom stereocenters. The zero-order valence-electron chi connectivity index (χ0n) is 18.2. The van der Waals surface area contributed by atoms with Gasteiger partial charge in [-0.2, -0.15) is 0 Å². The quantitative estimate of drug-likeness (QED) is 0.281. The number of thiazole rings is 1. The van der Waals surface area contributed by atoms with Gasteiger partial charge in [0.15, 0.2) is 17.2 Å². The first-order valence-electron chi connectivity index (χ1n) is 10.4. The Morgan fingerprint density at radius 1 is 0.848 bits per heavy atom.